The van der Waals surface area contributed by atoms with Crippen LogP contribution in [0.4, 0.5) is 0 Å². The van der Waals surface area contributed by atoms with E-state index < -0.39 is 0 Å². The van der Waals surface area contributed by atoms with Gasteiger partial charge in [0.15, 0.2) is 5.16 Å². The van der Waals surface area contributed by atoms with Crippen LogP contribution in [-0.2, 0) is 4.79 Å². The molecule has 0 fully saturated rings. The van der Waals surface area contributed by atoms with Crippen LogP contribution in [0.15, 0.2) is 29.4 Å². The largest absolute Gasteiger partial charge is 0.496 e. The molecule has 6 heteroatoms. The highest BCUT2D eigenvalue weighted by atomic mass is 32.2. The zero-order chi connectivity index (χ0) is 17.7. The summed E-state index contributed by atoms with van der Waals surface area (Å²) in [5, 5.41) is 3.63. The number of thioether (sulfide) groups is 1. The van der Waals surface area contributed by atoms with Gasteiger partial charge in [-0.1, -0.05) is 29.5 Å². The summed E-state index contributed by atoms with van der Waals surface area (Å²) in [6.07, 6.45) is 0. The molecule has 128 valence electrons. The Hall–Kier alpha value is -2.08. The number of nitrogens with one attached hydrogen (secondary N) is 1. The Morgan fingerprint density at radius 1 is 1.21 bits per heavy atom. The highest BCUT2D eigenvalue weighted by Crippen LogP contribution is 2.26. The second-order valence-corrected chi connectivity index (χ2v) is 6.70. The average molecular weight is 345 g/mol. The number of carbonyl (C=O) groups is 1. The molecule has 0 aliphatic rings. The van der Waals surface area contributed by atoms with Crippen molar-refractivity contribution in [1.82, 2.24) is 15.3 Å². The summed E-state index contributed by atoms with van der Waals surface area (Å²) in [6, 6.07) is 7.73. The third-order valence-electron chi connectivity index (χ3n) is 3.52. The molecule has 0 radical (unpaired) electrons. The fourth-order valence-electron chi connectivity index (χ4n) is 2.44. The predicted octanol–water partition coefficient (Wildman–Crippen LogP) is 3.38. The molecule has 2 rings (SSSR count). The van der Waals surface area contributed by atoms with Crippen molar-refractivity contribution in [3.8, 4) is 5.75 Å². The van der Waals surface area contributed by atoms with Crippen molar-refractivity contribution in [3.05, 3.63) is 46.8 Å². The molecule has 5 nitrogen and oxygen atoms in total. The van der Waals surface area contributed by atoms with E-state index in [0.29, 0.717) is 5.16 Å². The summed E-state index contributed by atoms with van der Waals surface area (Å²) >= 11 is 1.34. The summed E-state index contributed by atoms with van der Waals surface area (Å²) in [4.78, 5) is 20.9. The van der Waals surface area contributed by atoms with Gasteiger partial charge in [0, 0.05) is 17.0 Å². The van der Waals surface area contributed by atoms with E-state index in [9.17, 15) is 4.79 Å². The highest BCUT2D eigenvalue weighted by Gasteiger charge is 2.15. The Morgan fingerprint density at radius 3 is 2.50 bits per heavy atom. The van der Waals surface area contributed by atoms with Gasteiger partial charge >= 0.3 is 0 Å². The van der Waals surface area contributed by atoms with Crippen molar-refractivity contribution in [1.29, 1.82) is 0 Å². The fourth-order valence-corrected chi connectivity index (χ4v) is 3.20. The Kier molecular flexibility index (Phi) is 6.20. The molecule has 1 unspecified atom stereocenters. The van der Waals surface area contributed by atoms with Crippen molar-refractivity contribution in [2.75, 3.05) is 12.9 Å². The van der Waals surface area contributed by atoms with E-state index in [0.717, 1.165) is 28.3 Å². The second kappa shape index (κ2) is 8.15. The van der Waals surface area contributed by atoms with Gasteiger partial charge in [-0.2, -0.15) is 0 Å². The third kappa shape index (κ3) is 4.96. The van der Waals surface area contributed by atoms with Crippen molar-refractivity contribution in [2.24, 2.45) is 0 Å². The van der Waals surface area contributed by atoms with Gasteiger partial charge in [-0.15, -0.1) is 0 Å². The number of methoxy groups -OCH3 is 1. The molecule has 0 aliphatic heterocycles. The van der Waals surface area contributed by atoms with Gasteiger partial charge in [0.25, 0.3) is 0 Å². The molecule has 1 amide bonds. The van der Waals surface area contributed by atoms with Crippen LogP contribution in [0.2, 0.25) is 0 Å². The Labute approximate surface area is 147 Å². The molecule has 2 aromatic rings. The zero-order valence-corrected chi connectivity index (χ0v) is 15.5. The van der Waals surface area contributed by atoms with Crippen LogP contribution in [0, 0.1) is 20.8 Å². The van der Waals surface area contributed by atoms with Crippen LogP contribution in [0.3, 0.4) is 0 Å². The molecule has 0 aliphatic carbocycles. The van der Waals surface area contributed by atoms with Crippen molar-refractivity contribution >= 4 is 17.7 Å². The van der Waals surface area contributed by atoms with Crippen molar-refractivity contribution in [2.45, 2.75) is 38.9 Å². The van der Waals surface area contributed by atoms with E-state index in [1.165, 1.54) is 11.8 Å². The Morgan fingerprint density at radius 2 is 1.88 bits per heavy atom. The van der Waals surface area contributed by atoms with Gasteiger partial charge in [-0.05, 0) is 39.8 Å². The van der Waals surface area contributed by atoms with Gasteiger partial charge in [-0.3, -0.25) is 4.79 Å². The van der Waals surface area contributed by atoms with Crippen molar-refractivity contribution < 1.29 is 9.53 Å². The van der Waals surface area contributed by atoms with Crippen LogP contribution in [-0.4, -0.2) is 28.7 Å². The summed E-state index contributed by atoms with van der Waals surface area (Å²) in [5.74, 6) is 0.999. The second-order valence-electron chi connectivity index (χ2n) is 5.76. The molecule has 24 heavy (non-hydrogen) atoms. The molecule has 1 aromatic heterocycles. The molecule has 1 aromatic carbocycles. The van der Waals surface area contributed by atoms with Gasteiger partial charge in [0.1, 0.15) is 5.75 Å². The Balaban J connectivity index is 1.98. The number of hydrogen-bond donors (Lipinski definition) is 1. The lowest BCUT2D eigenvalue weighted by atomic mass is 10.0. The molecular weight excluding hydrogens is 322 g/mol. The maximum Gasteiger partial charge on any atom is 0.230 e. The smallest absolute Gasteiger partial charge is 0.230 e. The summed E-state index contributed by atoms with van der Waals surface area (Å²) in [7, 11) is 1.63. The minimum atomic E-state index is -0.131. The van der Waals surface area contributed by atoms with Gasteiger partial charge < -0.3 is 10.1 Å². The first kappa shape index (κ1) is 18.3. The highest BCUT2D eigenvalue weighted by molar-refractivity contribution is 7.99. The number of hydrogen-bond acceptors (Lipinski definition) is 5. The summed E-state index contributed by atoms with van der Waals surface area (Å²) in [6.45, 7) is 7.81. The number of nitrogens with zero attached hydrogens (tertiary/aromatic N) is 2. The van der Waals surface area contributed by atoms with Gasteiger partial charge in [-0.25, -0.2) is 9.97 Å². The van der Waals surface area contributed by atoms with Crippen LogP contribution in [0.5, 0.6) is 5.75 Å². The topological polar surface area (TPSA) is 64.1 Å². The van der Waals surface area contributed by atoms with E-state index in [4.69, 9.17) is 4.74 Å². The quantitative estimate of drug-likeness (QED) is 0.642. The molecule has 0 saturated heterocycles. The first-order valence-electron chi connectivity index (χ1n) is 7.78. The lowest BCUT2D eigenvalue weighted by Gasteiger charge is -2.18. The van der Waals surface area contributed by atoms with Crippen LogP contribution >= 0.6 is 11.8 Å². The zero-order valence-electron chi connectivity index (χ0n) is 14.7. The lowest BCUT2D eigenvalue weighted by Crippen LogP contribution is -2.28. The normalized spacial score (nSPS) is 11.9. The standard InChI is InChI=1S/C18H23N3O2S/c1-11-6-7-16(23-5)15(8-11)14(4)21-17(22)10-24-18-19-12(2)9-13(3)20-18/h6-9,14H,10H2,1-5H3,(H,21,22). The Bertz CT molecular complexity index is 714. The predicted molar refractivity (Wildman–Crippen MR) is 96.5 cm³/mol. The molecule has 1 heterocycles. The van der Waals surface area contributed by atoms with Gasteiger partial charge in [0.05, 0.1) is 18.9 Å². The molecule has 1 N–H and O–H groups in total. The molecular formula is C18H23N3O2S. The monoisotopic (exact) mass is 345 g/mol. The number of aryl methyl sites for hydroxylation is 3. The number of aromatic nitrogens is 2. The summed E-state index contributed by atoms with van der Waals surface area (Å²) < 4.78 is 5.38. The lowest BCUT2D eigenvalue weighted by molar-refractivity contribution is -0.119. The van der Waals surface area contributed by atoms with E-state index in [2.05, 4.69) is 15.3 Å². The SMILES string of the molecule is COc1ccc(C)cc1C(C)NC(=O)CSc1nc(C)cc(C)n1. The van der Waals surface area contributed by atoms with Gasteiger partial charge in [0.2, 0.25) is 5.91 Å². The van der Waals surface area contributed by atoms with E-state index >= 15 is 0 Å². The molecule has 0 bridgehead atoms. The first-order chi connectivity index (χ1) is 11.4. The van der Waals surface area contributed by atoms with E-state index in [1.54, 1.807) is 7.11 Å². The number of amides is 1. The average Bonchev–Trinajstić information content (AvgIpc) is 2.52. The van der Waals surface area contributed by atoms with E-state index in [-0.39, 0.29) is 17.7 Å². The van der Waals surface area contributed by atoms with E-state index in [1.807, 2.05) is 52.0 Å². The van der Waals surface area contributed by atoms with Crippen LogP contribution < -0.4 is 10.1 Å². The van der Waals surface area contributed by atoms with Crippen LogP contribution in [0.25, 0.3) is 0 Å². The summed E-state index contributed by atoms with van der Waals surface area (Å²) in [5.41, 5.74) is 3.91. The maximum absolute atomic E-state index is 12.2. The first-order valence-corrected chi connectivity index (χ1v) is 8.76. The number of benzene rings is 1. The third-order valence-corrected chi connectivity index (χ3v) is 4.37. The molecule has 1 atom stereocenters. The van der Waals surface area contributed by atoms with Crippen molar-refractivity contribution in [3.63, 3.8) is 0 Å². The minimum absolute atomic E-state index is 0.0566. The number of rotatable bonds is 6. The number of carbonyl (C=O) groups excluding carboxylic acids is 1. The fraction of sp³-hybridized carbons (Fsp3) is 0.389. The number of ether oxygens (including phenoxy) is 1. The molecule has 0 spiro atoms. The molecule has 0 saturated carbocycles. The maximum atomic E-state index is 12.2. The minimum Gasteiger partial charge on any atom is -0.496 e. The van der Waals surface area contributed by atoms with Crippen LogP contribution in [0.1, 0.15) is 35.5 Å².